The number of halogens is 1. The number of benzene rings is 2. The van der Waals surface area contributed by atoms with Crippen LogP contribution in [0.15, 0.2) is 65.6 Å². The third-order valence-corrected chi connectivity index (χ3v) is 4.83. The fourth-order valence-electron chi connectivity index (χ4n) is 3.08. The lowest BCUT2D eigenvalue weighted by atomic mass is 10.1. The average molecular weight is 409 g/mol. The van der Waals surface area contributed by atoms with E-state index in [1.54, 1.807) is 24.4 Å². The number of aryl methyl sites for hydroxylation is 1. The van der Waals surface area contributed by atoms with Crippen LogP contribution in [0, 0.1) is 6.92 Å². The lowest BCUT2D eigenvalue weighted by Gasteiger charge is -2.10. The quantitative estimate of drug-likeness (QED) is 0.468. The van der Waals surface area contributed by atoms with Gasteiger partial charge < -0.3 is 9.47 Å². The van der Waals surface area contributed by atoms with E-state index in [1.165, 1.54) is 10.5 Å². The van der Waals surface area contributed by atoms with Crippen molar-refractivity contribution >= 4 is 34.0 Å². The van der Waals surface area contributed by atoms with E-state index in [0.29, 0.717) is 22.1 Å². The van der Waals surface area contributed by atoms with Crippen molar-refractivity contribution in [2.24, 2.45) is 0 Å². The molecule has 0 amide bonds. The highest BCUT2D eigenvalue weighted by Crippen LogP contribution is 2.31. The van der Waals surface area contributed by atoms with Crippen molar-refractivity contribution in [2.75, 3.05) is 6.61 Å². The van der Waals surface area contributed by atoms with Crippen molar-refractivity contribution in [1.82, 2.24) is 9.38 Å². The third kappa shape index (κ3) is 3.93. The van der Waals surface area contributed by atoms with Crippen molar-refractivity contribution in [1.29, 1.82) is 0 Å². The van der Waals surface area contributed by atoms with Gasteiger partial charge in [0.05, 0.1) is 5.69 Å². The van der Waals surface area contributed by atoms with Gasteiger partial charge in [0.1, 0.15) is 18.0 Å². The highest BCUT2D eigenvalue weighted by Gasteiger charge is 2.11. The Labute approximate surface area is 171 Å². The first-order chi connectivity index (χ1) is 14.0. The summed E-state index contributed by atoms with van der Waals surface area (Å²) in [4.78, 5) is 28.7. The van der Waals surface area contributed by atoms with Gasteiger partial charge in [0.2, 0.25) is 0 Å². The second-order valence-corrected chi connectivity index (χ2v) is 6.92. The van der Waals surface area contributed by atoms with E-state index in [2.05, 4.69) is 4.98 Å². The number of pyridine rings is 1. The van der Waals surface area contributed by atoms with Gasteiger partial charge in [-0.25, -0.2) is 9.78 Å². The molecule has 0 aliphatic rings. The Hall–Kier alpha value is -3.38. The van der Waals surface area contributed by atoms with Crippen molar-refractivity contribution < 1.29 is 14.3 Å². The minimum absolute atomic E-state index is 0.108. The molecule has 29 heavy (non-hydrogen) atoms. The number of ether oxygens (including phenoxy) is 2. The Morgan fingerprint density at radius 3 is 2.72 bits per heavy atom. The third-order valence-electron chi connectivity index (χ3n) is 4.50. The molecule has 4 rings (SSSR count). The van der Waals surface area contributed by atoms with E-state index in [-0.39, 0.29) is 18.8 Å². The molecule has 0 atom stereocenters. The van der Waals surface area contributed by atoms with Crippen LogP contribution in [0.1, 0.15) is 11.3 Å². The molecule has 0 saturated carbocycles. The minimum Gasteiger partial charge on any atom is -0.481 e. The summed E-state index contributed by atoms with van der Waals surface area (Å²) in [6, 6.07) is 15.9. The number of hydrogen-bond acceptors (Lipinski definition) is 5. The molecule has 2 heterocycles. The van der Waals surface area contributed by atoms with E-state index in [1.807, 2.05) is 37.3 Å². The van der Waals surface area contributed by atoms with Crippen molar-refractivity contribution in [3.05, 3.63) is 87.4 Å². The Balaban J connectivity index is 1.44. The standard InChI is InChI=1S/C22H17ClN2O4/c1-14-5-4-10-25-20(26)11-15(24-22(14)25)12-29-21(27)13-28-19-9-8-18(23)16-6-2-3-7-17(16)19/h2-11H,12-13H2,1H3. The van der Waals surface area contributed by atoms with Crippen LogP contribution in [0.3, 0.4) is 0 Å². The molecule has 0 aliphatic carbocycles. The molecule has 0 saturated heterocycles. The van der Waals surface area contributed by atoms with Crippen molar-refractivity contribution in [3.8, 4) is 5.75 Å². The van der Waals surface area contributed by atoms with E-state index in [0.717, 1.165) is 16.3 Å². The summed E-state index contributed by atoms with van der Waals surface area (Å²) in [5.74, 6) is -0.0181. The predicted octanol–water partition coefficient (Wildman–Crippen LogP) is 3.93. The average Bonchev–Trinajstić information content (AvgIpc) is 2.73. The predicted molar refractivity (Wildman–Crippen MR) is 110 cm³/mol. The van der Waals surface area contributed by atoms with Gasteiger partial charge in [0.25, 0.3) is 5.56 Å². The van der Waals surface area contributed by atoms with E-state index in [4.69, 9.17) is 21.1 Å². The summed E-state index contributed by atoms with van der Waals surface area (Å²) in [6.45, 7) is 1.49. The van der Waals surface area contributed by atoms with Gasteiger partial charge in [-0.3, -0.25) is 9.20 Å². The molecule has 0 N–H and O–H groups in total. The van der Waals surface area contributed by atoms with Gasteiger partial charge in [0.15, 0.2) is 6.61 Å². The highest BCUT2D eigenvalue weighted by molar-refractivity contribution is 6.35. The largest absolute Gasteiger partial charge is 0.481 e. The van der Waals surface area contributed by atoms with Gasteiger partial charge >= 0.3 is 5.97 Å². The Bertz CT molecular complexity index is 1280. The second-order valence-electron chi connectivity index (χ2n) is 6.51. The maximum absolute atomic E-state index is 12.2. The van der Waals surface area contributed by atoms with Crippen LogP contribution in [-0.4, -0.2) is 22.0 Å². The maximum Gasteiger partial charge on any atom is 0.344 e. The first-order valence-electron chi connectivity index (χ1n) is 8.96. The smallest absolute Gasteiger partial charge is 0.344 e. The van der Waals surface area contributed by atoms with E-state index in [9.17, 15) is 9.59 Å². The molecule has 0 fully saturated rings. The van der Waals surface area contributed by atoms with Gasteiger partial charge in [0, 0.05) is 28.1 Å². The zero-order valence-corrected chi connectivity index (χ0v) is 16.3. The lowest BCUT2D eigenvalue weighted by Crippen LogP contribution is -2.19. The molecule has 6 nitrogen and oxygen atoms in total. The number of rotatable bonds is 5. The molecule has 0 spiro atoms. The molecule has 4 aromatic rings. The summed E-state index contributed by atoms with van der Waals surface area (Å²) >= 11 is 6.19. The molecule has 0 aliphatic heterocycles. The van der Waals surface area contributed by atoms with Crippen molar-refractivity contribution in [2.45, 2.75) is 13.5 Å². The topological polar surface area (TPSA) is 69.9 Å². The van der Waals surface area contributed by atoms with Crippen molar-refractivity contribution in [3.63, 3.8) is 0 Å². The minimum atomic E-state index is -0.559. The lowest BCUT2D eigenvalue weighted by molar-refractivity contribution is -0.147. The fraction of sp³-hybridized carbons (Fsp3) is 0.136. The van der Waals surface area contributed by atoms with Crippen LogP contribution in [0.25, 0.3) is 16.4 Å². The number of nitrogens with zero attached hydrogens (tertiary/aromatic N) is 2. The zero-order valence-electron chi connectivity index (χ0n) is 15.6. The van der Waals surface area contributed by atoms with E-state index >= 15 is 0 Å². The van der Waals surface area contributed by atoms with Gasteiger partial charge in [-0.1, -0.05) is 41.9 Å². The second kappa shape index (κ2) is 7.93. The molecule has 0 unspecified atom stereocenters. The molecular formula is C22H17ClN2O4. The number of fused-ring (bicyclic) bond motifs is 2. The Kier molecular flexibility index (Phi) is 5.18. The van der Waals surface area contributed by atoms with Gasteiger partial charge in [-0.2, -0.15) is 0 Å². The van der Waals surface area contributed by atoms with Crippen LogP contribution < -0.4 is 10.3 Å². The molecule has 7 heteroatoms. The molecule has 0 radical (unpaired) electrons. The summed E-state index contributed by atoms with van der Waals surface area (Å²) in [5, 5.41) is 2.27. The molecule has 146 valence electrons. The van der Waals surface area contributed by atoms with Crippen LogP contribution in [-0.2, 0) is 16.1 Å². The fourth-order valence-corrected chi connectivity index (χ4v) is 3.30. The normalized spacial score (nSPS) is 11.0. The number of aromatic nitrogens is 2. The maximum atomic E-state index is 12.2. The van der Waals surface area contributed by atoms with Crippen LogP contribution in [0.2, 0.25) is 5.02 Å². The molecule has 2 aromatic heterocycles. The summed E-state index contributed by atoms with van der Waals surface area (Å²) in [7, 11) is 0. The summed E-state index contributed by atoms with van der Waals surface area (Å²) in [6.07, 6.45) is 1.65. The molecule has 2 aromatic carbocycles. The number of hydrogen-bond donors (Lipinski definition) is 0. The van der Waals surface area contributed by atoms with Crippen LogP contribution in [0.5, 0.6) is 5.75 Å². The van der Waals surface area contributed by atoms with Crippen LogP contribution in [0.4, 0.5) is 0 Å². The Morgan fingerprint density at radius 1 is 1.10 bits per heavy atom. The zero-order chi connectivity index (χ0) is 20.4. The monoisotopic (exact) mass is 408 g/mol. The summed E-state index contributed by atoms with van der Waals surface area (Å²) < 4.78 is 12.3. The molecule has 0 bridgehead atoms. The first kappa shape index (κ1) is 19.0. The number of esters is 1. The number of carbonyl (C=O) groups is 1. The SMILES string of the molecule is Cc1cccn2c(=O)cc(COC(=O)COc3ccc(Cl)c4ccccc34)nc12. The van der Waals surface area contributed by atoms with Crippen LogP contribution >= 0.6 is 11.6 Å². The number of carbonyl (C=O) groups excluding carboxylic acids is 1. The first-order valence-corrected chi connectivity index (χ1v) is 9.34. The summed E-state index contributed by atoms with van der Waals surface area (Å²) in [5.41, 5.74) is 1.55. The highest BCUT2D eigenvalue weighted by atomic mass is 35.5. The van der Waals surface area contributed by atoms with E-state index < -0.39 is 5.97 Å². The van der Waals surface area contributed by atoms with Gasteiger partial charge in [-0.05, 0) is 30.7 Å². The Morgan fingerprint density at radius 2 is 1.90 bits per heavy atom. The molecular weight excluding hydrogens is 392 g/mol. The van der Waals surface area contributed by atoms with Gasteiger partial charge in [-0.15, -0.1) is 0 Å².